The van der Waals surface area contributed by atoms with Gasteiger partial charge in [-0.25, -0.2) is 0 Å². The molecule has 1 saturated carbocycles. The highest BCUT2D eigenvalue weighted by atomic mass is 127. The van der Waals surface area contributed by atoms with E-state index in [1.165, 1.54) is 50.9 Å². The Labute approximate surface area is 193 Å². The number of halogens is 1. The molecular weight excluding hydrogens is 475 g/mol. The summed E-state index contributed by atoms with van der Waals surface area (Å²) in [5.41, 5.74) is 1.47. The van der Waals surface area contributed by atoms with Crippen LogP contribution in [0.2, 0.25) is 0 Å². The molecule has 3 fully saturated rings. The summed E-state index contributed by atoms with van der Waals surface area (Å²) in [5, 5.41) is 7.14. The minimum absolute atomic E-state index is 0. The summed E-state index contributed by atoms with van der Waals surface area (Å²) in [7, 11) is 0. The zero-order valence-corrected chi connectivity index (χ0v) is 20.0. The van der Waals surface area contributed by atoms with Crippen LogP contribution in [0.3, 0.4) is 0 Å². The number of piperidine rings is 1. The SMILES string of the molecule is CCNC(=NCC1CC1c1ccccc1)NC1CCN(CC2CCOC2)CC1.I. The van der Waals surface area contributed by atoms with Gasteiger partial charge in [0, 0.05) is 45.4 Å². The zero-order chi connectivity index (χ0) is 19.2. The average Bonchev–Trinajstić information content (AvgIpc) is 3.33. The van der Waals surface area contributed by atoms with E-state index in [0.29, 0.717) is 17.9 Å². The Morgan fingerprint density at radius 1 is 1.17 bits per heavy atom. The minimum Gasteiger partial charge on any atom is -0.381 e. The van der Waals surface area contributed by atoms with Crippen molar-refractivity contribution in [1.29, 1.82) is 0 Å². The Morgan fingerprint density at radius 3 is 2.66 bits per heavy atom. The van der Waals surface area contributed by atoms with E-state index in [1.54, 1.807) is 0 Å². The van der Waals surface area contributed by atoms with E-state index in [1.807, 2.05) is 0 Å². The third-order valence-electron chi connectivity index (χ3n) is 6.45. The number of hydrogen-bond acceptors (Lipinski definition) is 3. The molecule has 2 heterocycles. The molecule has 2 aliphatic heterocycles. The summed E-state index contributed by atoms with van der Waals surface area (Å²) < 4.78 is 5.52. The first-order valence-electron chi connectivity index (χ1n) is 11.2. The van der Waals surface area contributed by atoms with Crippen LogP contribution >= 0.6 is 24.0 Å². The summed E-state index contributed by atoms with van der Waals surface area (Å²) >= 11 is 0. The van der Waals surface area contributed by atoms with E-state index in [-0.39, 0.29) is 24.0 Å². The Morgan fingerprint density at radius 2 is 1.97 bits per heavy atom. The summed E-state index contributed by atoms with van der Waals surface area (Å²) in [6.07, 6.45) is 4.92. The van der Waals surface area contributed by atoms with Gasteiger partial charge >= 0.3 is 0 Å². The smallest absolute Gasteiger partial charge is 0.191 e. The zero-order valence-electron chi connectivity index (χ0n) is 17.7. The molecule has 4 rings (SSSR count). The summed E-state index contributed by atoms with van der Waals surface area (Å²) in [4.78, 5) is 7.53. The van der Waals surface area contributed by atoms with Gasteiger partial charge in [0.25, 0.3) is 0 Å². The molecule has 3 unspecified atom stereocenters. The maximum absolute atomic E-state index is 5.52. The Hall–Kier alpha value is -0.860. The monoisotopic (exact) mass is 512 g/mol. The van der Waals surface area contributed by atoms with Crippen LogP contribution in [-0.2, 0) is 4.74 Å². The maximum atomic E-state index is 5.52. The fourth-order valence-electron chi connectivity index (χ4n) is 4.63. The first-order valence-corrected chi connectivity index (χ1v) is 11.2. The van der Waals surface area contributed by atoms with E-state index >= 15 is 0 Å². The van der Waals surface area contributed by atoms with Crippen LogP contribution in [0.25, 0.3) is 0 Å². The van der Waals surface area contributed by atoms with Crippen molar-refractivity contribution in [3.8, 4) is 0 Å². The number of guanidine groups is 1. The second-order valence-electron chi connectivity index (χ2n) is 8.68. The topological polar surface area (TPSA) is 48.9 Å². The molecule has 5 nitrogen and oxygen atoms in total. The highest BCUT2D eigenvalue weighted by molar-refractivity contribution is 14.0. The van der Waals surface area contributed by atoms with Gasteiger partial charge in [0.2, 0.25) is 0 Å². The molecule has 2 N–H and O–H groups in total. The molecule has 0 bridgehead atoms. The first-order chi connectivity index (χ1) is 13.8. The molecule has 3 aliphatic rings. The van der Waals surface area contributed by atoms with Gasteiger partial charge < -0.3 is 20.3 Å². The van der Waals surface area contributed by atoms with Crippen molar-refractivity contribution in [3.63, 3.8) is 0 Å². The highest BCUT2D eigenvalue weighted by Gasteiger charge is 2.37. The van der Waals surface area contributed by atoms with Crippen LogP contribution in [0.4, 0.5) is 0 Å². The quantitative estimate of drug-likeness (QED) is 0.334. The number of rotatable bonds is 7. The van der Waals surface area contributed by atoms with Crippen molar-refractivity contribution in [2.24, 2.45) is 16.8 Å². The van der Waals surface area contributed by atoms with Crippen LogP contribution in [0.1, 0.15) is 44.1 Å². The standard InChI is InChI=1S/C23H36N4O.HI/c1-2-24-23(25-15-20-14-22(20)19-6-4-3-5-7-19)26-21-8-11-27(12-9-21)16-18-10-13-28-17-18;/h3-7,18,20-22H,2,8-17H2,1H3,(H2,24,25,26);1H. The molecule has 1 aromatic rings. The van der Waals surface area contributed by atoms with E-state index < -0.39 is 0 Å². The minimum atomic E-state index is 0. The molecule has 1 aromatic carbocycles. The van der Waals surface area contributed by atoms with Gasteiger partial charge in [0.15, 0.2) is 5.96 Å². The molecule has 2 saturated heterocycles. The first kappa shape index (κ1) is 22.8. The molecule has 6 heteroatoms. The second kappa shape index (κ2) is 11.5. The average molecular weight is 512 g/mol. The molecule has 0 radical (unpaired) electrons. The summed E-state index contributed by atoms with van der Waals surface area (Å²) in [6, 6.07) is 11.4. The van der Waals surface area contributed by atoms with Crippen molar-refractivity contribution in [1.82, 2.24) is 15.5 Å². The van der Waals surface area contributed by atoms with Crippen molar-refractivity contribution < 1.29 is 4.74 Å². The molecule has 0 amide bonds. The van der Waals surface area contributed by atoms with Crippen molar-refractivity contribution in [2.45, 2.75) is 44.6 Å². The van der Waals surface area contributed by atoms with Crippen LogP contribution in [-0.4, -0.2) is 62.8 Å². The normalized spacial score (nSPS) is 28.0. The van der Waals surface area contributed by atoms with Crippen molar-refractivity contribution >= 4 is 29.9 Å². The number of hydrogen-bond donors (Lipinski definition) is 2. The van der Waals surface area contributed by atoms with Gasteiger partial charge in [-0.1, -0.05) is 30.3 Å². The molecule has 0 spiro atoms. The Bertz CT molecular complexity index is 627. The summed E-state index contributed by atoms with van der Waals surface area (Å²) in [6.45, 7) is 9.49. The van der Waals surface area contributed by atoms with E-state index in [4.69, 9.17) is 9.73 Å². The Kier molecular flexibility index (Phi) is 9.06. The lowest BCUT2D eigenvalue weighted by atomic mass is 10.0. The number of nitrogens with zero attached hydrogens (tertiary/aromatic N) is 2. The van der Waals surface area contributed by atoms with Gasteiger partial charge in [0.1, 0.15) is 0 Å². The molecular formula is C23H37IN4O. The van der Waals surface area contributed by atoms with E-state index in [0.717, 1.165) is 38.2 Å². The number of benzene rings is 1. The van der Waals surface area contributed by atoms with Crippen LogP contribution in [0.5, 0.6) is 0 Å². The van der Waals surface area contributed by atoms with Gasteiger partial charge in [-0.3, -0.25) is 4.99 Å². The number of ether oxygens (including phenoxy) is 1. The second-order valence-corrected chi connectivity index (χ2v) is 8.68. The van der Waals surface area contributed by atoms with Crippen molar-refractivity contribution in [3.05, 3.63) is 35.9 Å². The third kappa shape index (κ3) is 6.82. The van der Waals surface area contributed by atoms with Crippen LogP contribution in [0.15, 0.2) is 35.3 Å². The number of aliphatic imine (C=N–C) groups is 1. The number of nitrogens with one attached hydrogen (secondary N) is 2. The molecule has 3 atom stereocenters. The van der Waals surface area contributed by atoms with Crippen LogP contribution < -0.4 is 10.6 Å². The van der Waals surface area contributed by atoms with Gasteiger partial charge in [-0.2, -0.15) is 0 Å². The molecule has 0 aromatic heterocycles. The van der Waals surface area contributed by atoms with E-state index in [2.05, 4.69) is 52.8 Å². The lowest BCUT2D eigenvalue weighted by Crippen LogP contribution is -2.49. The van der Waals surface area contributed by atoms with Gasteiger partial charge in [0.05, 0.1) is 6.61 Å². The number of likely N-dealkylation sites (tertiary alicyclic amines) is 1. The van der Waals surface area contributed by atoms with Gasteiger partial charge in [-0.05, 0) is 55.9 Å². The fraction of sp³-hybridized carbons (Fsp3) is 0.696. The van der Waals surface area contributed by atoms with E-state index in [9.17, 15) is 0 Å². The highest BCUT2D eigenvalue weighted by Crippen LogP contribution is 2.47. The third-order valence-corrected chi connectivity index (χ3v) is 6.45. The predicted octanol–water partition coefficient (Wildman–Crippen LogP) is 3.46. The van der Waals surface area contributed by atoms with Crippen LogP contribution in [0, 0.1) is 11.8 Å². The fourth-order valence-corrected chi connectivity index (χ4v) is 4.63. The molecule has 1 aliphatic carbocycles. The molecule has 29 heavy (non-hydrogen) atoms. The maximum Gasteiger partial charge on any atom is 0.191 e. The predicted molar refractivity (Wildman–Crippen MR) is 130 cm³/mol. The molecule has 162 valence electrons. The Balaban J connectivity index is 0.00000240. The van der Waals surface area contributed by atoms with Crippen molar-refractivity contribution in [2.75, 3.05) is 45.9 Å². The summed E-state index contributed by atoms with van der Waals surface area (Å²) in [5.74, 6) is 3.16. The lowest BCUT2D eigenvalue weighted by Gasteiger charge is -2.34. The lowest BCUT2D eigenvalue weighted by molar-refractivity contribution is 0.150. The van der Waals surface area contributed by atoms with Gasteiger partial charge in [-0.15, -0.1) is 24.0 Å². The largest absolute Gasteiger partial charge is 0.381 e.